The zero-order valence-electron chi connectivity index (χ0n) is 25.5. The van der Waals surface area contributed by atoms with Crippen LogP contribution >= 0.6 is 0 Å². The summed E-state index contributed by atoms with van der Waals surface area (Å²) in [7, 11) is 0. The number of amides is 2. The van der Waals surface area contributed by atoms with Crippen molar-refractivity contribution in [1.29, 1.82) is 0 Å². The summed E-state index contributed by atoms with van der Waals surface area (Å²) in [6, 6.07) is 29.7. The third-order valence-electron chi connectivity index (χ3n) is 8.72. The molecule has 0 spiro atoms. The molecule has 1 saturated heterocycles. The molecule has 4 aromatic rings. The molecule has 0 aromatic heterocycles. The Kier molecular flexibility index (Phi) is 7.82. The van der Waals surface area contributed by atoms with Gasteiger partial charge in [0, 0.05) is 24.1 Å². The molecule has 0 aliphatic carbocycles. The van der Waals surface area contributed by atoms with Crippen LogP contribution in [-0.4, -0.2) is 36.2 Å². The lowest BCUT2D eigenvalue weighted by atomic mass is 9.85. The van der Waals surface area contributed by atoms with Gasteiger partial charge in [-0.1, -0.05) is 72.3 Å². The summed E-state index contributed by atoms with van der Waals surface area (Å²) in [5.41, 5.74) is 8.49. The lowest BCUT2D eigenvalue weighted by Crippen LogP contribution is -2.29. The summed E-state index contributed by atoms with van der Waals surface area (Å²) < 4.78 is 18.8. The number of hydrogen-bond donors (Lipinski definition) is 0. The van der Waals surface area contributed by atoms with Gasteiger partial charge in [-0.15, -0.1) is 0 Å². The van der Waals surface area contributed by atoms with Gasteiger partial charge < -0.3 is 14.2 Å². The van der Waals surface area contributed by atoms with Crippen molar-refractivity contribution in [3.05, 3.63) is 136 Å². The minimum Gasteiger partial charge on any atom is -0.480 e. The Balaban J connectivity index is 1.14. The molecule has 0 bridgehead atoms. The van der Waals surface area contributed by atoms with Crippen molar-refractivity contribution in [3.8, 4) is 11.5 Å². The molecule has 3 aliphatic heterocycles. The fourth-order valence-electron chi connectivity index (χ4n) is 6.34. The molecule has 7 rings (SSSR count). The molecule has 0 radical (unpaired) electrons. The van der Waals surface area contributed by atoms with Crippen molar-refractivity contribution in [2.75, 3.05) is 13.2 Å². The molecular formula is C39H35NO5. The highest BCUT2D eigenvalue weighted by atomic mass is 16.7. The van der Waals surface area contributed by atoms with Crippen LogP contribution in [0.1, 0.15) is 80.8 Å². The van der Waals surface area contributed by atoms with E-state index in [2.05, 4.69) is 50.2 Å². The molecule has 2 atom stereocenters. The highest BCUT2D eigenvalue weighted by molar-refractivity contribution is 6.21. The molecule has 3 heterocycles. The average molecular weight is 598 g/mol. The van der Waals surface area contributed by atoms with E-state index >= 15 is 0 Å². The second kappa shape index (κ2) is 12.2. The summed E-state index contributed by atoms with van der Waals surface area (Å²) in [6.45, 7) is 5.21. The number of aryl methyl sites for hydroxylation is 1. The van der Waals surface area contributed by atoms with Crippen molar-refractivity contribution in [2.45, 2.75) is 45.5 Å². The molecule has 6 nitrogen and oxygen atoms in total. The number of benzene rings is 4. The number of nitrogens with zero attached hydrogens (tertiary/aromatic N) is 1. The van der Waals surface area contributed by atoms with Gasteiger partial charge in [-0.05, 0) is 85.4 Å². The zero-order chi connectivity index (χ0) is 30.9. The van der Waals surface area contributed by atoms with Crippen LogP contribution < -0.4 is 9.47 Å². The van der Waals surface area contributed by atoms with E-state index in [4.69, 9.17) is 14.2 Å². The first-order valence-electron chi connectivity index (χ1n) is 15.5. The van der Waals surface area contributed by atoms with Crippen LogP contribution in [0.2, 0.25) is 0 Å². The highest BCUT2D eigenvalue weighted by Gasteiger charge is 2.34. The lowest BCUT2D eigenvalue weighted by molar-refractivity contribution is -0.105. The summed E-state index contributed by atoms with van der Waals surface area (Å²) in [5, 5.41) is 0. The molecule has 1 fully saturated rings. The number of ether oxygens (including phenoxy) is 3. The van der Waals surface area contributed by atoms with E-state index in [-0.39, 0.29) is 30.8 Å². The van der Waals surface area contributed by atoms with Crippen LogP contribution in [0.4, 0.5) is 0 Å². The Bertz CT molecular complexity index is 1800. The number of carbonyl (C=O) groups is 2. The molecule has 6 heteroatoms. The molecule has 2 amide bonds. The second-order valence-corrected chi connectivity index (χ2v) is 11.8. The quantitative estimate of drug-likeness (QED) is 0.201. The molecule has 3 aliphatic rings. The zero-order valence-corrected chi connectivity index (χ0v) is 25.5. The van der Waals surface area contributed by atoms with Crippen LogP contribution in [0, 0.1) is 6.92 Å². The van der Waals surface area contributed by atoms with Crippen LogP contribution in [-0.2, 0) is 4.74 Å². The number of rotatable bonds is 7. The van der Waals surface area contributed by atoms with Gasteiger partial charge in [0.05, 0.1) is 17.7 Å². The monoisotopic (exact) mass is 597 g/mol. The Hall–Kier alpha value is -4.94. The smallest absolute Gasteiger partial charge is 0.261 e. The maximum Gasteiger partial charge on any atom is 0.261 e. The Morgan fingerprint density at radius 3 is 2.36 bits per heavy atom. The van der Waals surface area contributed by atoms with Crippen LogP contribution in [0.15, 0.2) is 97.1 Å². The Morgan fingerprint density at radius 2 is 1.62 bits per heavy atom. The first kappa shape index (κ1) is 28.8. The highest BCUT2D eigenvalue weighted by Crippen LogP contribution is 2.47. The maximum atomic E-state index is 12.7. The Morgan fingerprint density at radius 1 is 0.844 bits per heavy atom. The van der Waals surface area contributed by atoms with Crippen molar-refractivity contribution >= 4 is 29.0 Å². The predicted octanol–water partition coefficient (Wildman–Crippen LogP) is 8.27. The van der Waals surface area contributed by atoms with Gasteiger partial charge in [-0.2, -0.15) is 0 Å². The second-order valence-electron chi connectivity index (χ2n) is 11.8. The molecular weight excluding hydrogens is 562 g/mol. The molecule has 0 saturated carbocycles. The van der Waals surface area contributed by atoms with Gasteiger partial charge in [-0.25, -0.2) is 0 Å². The van der Waals surface area contributed by atoms with Crippen molar-refractivity contribution < 1.29 is 23.8 Å². The lowest BCUT2D eigenvalue weighted by Gasteiger charge is -2.31. The fourth-order valence-corrected chi connectivity index (χ4v) is 6.34. The normalized spacial score (nSPS) is 19.5. The number of hydrogen-bond acceptors (Lipinski definition) is 5. The third-order valence-corrected chi connectivity index (χ3v) is 8.72. The standard InChI is InChI=1S/C39H35NO5/c1-25-15-20-34-33(23-25)26(2)36(29-10-7-11-30(24-29)44-35-14-5-6-22-43-35)37(45-34)28-18-16-27(17-19-28)9-8-21-40-38(41)31-12-3-4-13-32(31)39(40)42/h3-4,7-13,15-20,23-24,35,37H,5-6,14,21-22H2,1-2H3/b9-8-. The molecule has 0 N–H and O–H groups in total. The van der Waals surface area contributed by atoms with Gasteiger partial charge in [0.15, 0.2) is 6.29 Å². The van der Waals surface area contributed by atoms with E-state index in [0.29, 0.717) is 11.1 Å². The van der Waals surface area contributed by atoms with Crippen LogP contribution in [0.25, 0.3) is 17.2 Å². The summed E-state index contributed by atoms with van der Waals surface area (Å²) in [5.74, 6) is 1.14. The SMILES string of the molecule is CC1=C(c2cccc(OC3CCCCO3)c2)C(c2ccc(/C=C\CN3C(=O)c4ccccc4C3=O)cc2)Oc2ccc(C)cc21. The maximum absolute atomic E-state index is 12.7. The number of carbonyl (C=O) groups excluding carboxylic acids is 2. The van der Waals surface area contributed by atoms with Gasteiger partial charge in [0.25, 0.3) is 11.8 Å². The van der Waals surface area contributed by atoms with E-state index < -0.39 is 0 Å². The Labute approximate surface area is 263 Å². The van der Waals surface area contributed by atoms with Gasteiger partial charge in [-0.3, -0.25) is 14.5 Å². The minimum atomic E-state index is -0.322. The summed E-state index contributed by atoms with van der Waals surface area (Å²) >= 11 is 0. The van der Waals surface area contributed by atoms with E-state index in [1.54, 1.807) is 24.3 Å². The van der Waals surface area contributed by atoms with Gasteiger partial charge in [0.2, 0.25) is 0 Å². The summed E-state index contributed by atoms with van der Waals surface area (Å²) in [4.78, 5) is 26.7. The van der Waals surface area contributed by atoms with Gasteiger partial charge in [0.1, 0.15) is 17.6 Å². The topological polar surface area (TPSA) is 65.1 Å². The first-order valence-corrected chi connectivity index (χ1v) is 15.5. The van der Waals surface area contributed by atoms with Crippen molar-refractivity contribution in [2.24, 2.45) is 0 Å². The first-order chi connectivity index (χ1) is 22.0. The van der Waals surface area contributed by atoms with E-state index in [0.717, 1.165) is 65.2 Å². The third kappa shape index (κ3) is 5.69. The molecule has 2 unspecified atom stereocenters. The summed E-state index contributed by atoms with van der Waals surface area (Å²) in [6.07, 6.45) is 6.32. The average Bonchev–Trinajstić information content (AvgIpc) is 3.31. The van der Waals surface area contributed by atoms with E-state index in [1.165, 1.54) is 16.0 Å². The van der Waals surface area contributed by atoms with E-state index in [1.807, 2.05) is 42.5 Å². The molecule has 4 aromatic carbocycles. The fraction of sp³-hybridized carbons (Fsp3) is 0.231. The minimum absolute atomic E-state index is 0.215. The largest absolute Gasteiger partial charge is 0.480 e. The van der Waals surface area contributed by atoms with Gasteiger partial charge >= 0.3 is 0 Å². The van der Waals surface area contributed by atoms with Crippen LogP contribution in [0.3, 0.4) is 0 Å². The number of imide groups is 1. The van der Waals surface area contributed by atoms with Crippen LogP contribution in [0.5, 0.6) is 11.5 Å². The number of fused-ring (bicyclic) bond motifs is 2. The molecule has 45 heavy (non-hydrogen) atoms. The van der Waals surface area contributed by atoms with E-state index in [9.17, 15) is 9.59 Å². The molecule has 226 valence electrons. The number of allylic oxidation sites excluding steroid dienone is 1. The van der Waals surface area contributed by atoms with Crippen molar-refractivity contribution in [3.63, 3.8) is 0 Å². The van der Waals surface area contributed by atoms with Crippen molar-refractivity contribution in [1.82, 2.24) is 4.90 Å². The predicted molar refractivity (Wildman–Crippen MR) is 175 cm³/mol.